The number of rotatable bonds is 1. The topological polar surface area (TPSA) is 12.4 Å². The summed E-state index contributed by atoms with van der Waals surface area (Å²) in [6.07, 6.45) is 0. The predicted octanol–water partition coefficient (Wildman–Crippen LogP) is 2.86. The van der Waals surface area contributed by atoms with Crippen LogP contribution in [0.25, 0.3) is 0 Å². The van der Waals surface area contributed by atoms with E-state index in [0.29, 0.717) is 0 Å². The van der Waals surface area contributed by atoms with Gasteiger partial charge in [0.15, 0.2) is 0 Å². The molecule has 54 valence electrons. The van der Waals surface area contributed by atoms with Gasteiger partial charge in [-0.15, -0.1) is 0 Å². The molecule has 0 aliphatic heterocycles. The molecular weight excluding hydrogens is 245 g/mol. The van der Waals surface area contributed by atoms with Crippen LogP contribution in [0.4, 0.5) is 0 Å². The summed E-state index contributed by atoms with van der Waals surface area (Å²) in [5, 5.41) is 0. The first-order chi connectivity index (χ1) is 3.98. The smallest absolute Gasteiger partial charge is 0.0728 e. The van der Waals surface area contributed by atoms with E-state index >= 15 is 0 Å². The van der Waals surface area contributed by atoms with Crippen LogP contribution < -0.4 is 0 Å². The van der Waals surface area contributed by atoms with Crippen LogP contribution >= 0.6 is 33.3 Å². The van der Waals surface area contributed by atoms with Crippen molar-refractivity contribution < 1.29 is 0 Å². The third-order valence-electron chi connectivity index (χ3n) is 0.874. The Hall–Kier alpha value is 0.620. The first kappa shape index (κ1) is 9.62. The molecule has 0 bridgehead atoms. The van der Waals surface area contributed by atoms with Crippen molar-refractivity contribution in [1.29, 1.82) is 0 Å². The van der Waals surface area contributed by atoms with Gasteiger partial charge in [0.2, 0.25) is 0 Å². The second-order valence-electron chi connectivity index (χ2n) is 2.68. The lowest BCUT2D eigenvalue weighted by Gasteiger charge is -2.18. The largest absolute Gasteiger partial charge is 0.225 e. The summed E-state index contributed by atoms with van der Waals surface area (Å²) in [6.45, 7) is 6.44. The lowest BCUT2D eigenvalue weighted by atomic mass is 10.3. The van der Waals surface area contributed by atoms with Crippen molar-refractivity contribution in [3.8, 4) is 0 Å². The maximum absolute atomic E-state index is 4.17. The minimum absolute atomic E-state index is 0.0754. The highest BCUT2D eigenvalue weighted by atomic mass is 127. The van der Waals surface area contributed by atoms with Crippen LogP contribution in [-0.2, 0) is 0 Å². The first-order valence-electron chi connectivity index (χ1n) is 2.65. The van der Waals surface area contributed by atoms with Crippen molar-refractivity contribution >= 4 is 43.4 Å². The van der Waals surface area contributed by atoms with Gasteiger partial charge >= 0.3 is 0 Å². The first-order valence-corrected chi connectivity index (χ1v) is 5.25. The Morgan fingerprint density at radius 1 is 1.56 bits per heavy atom. The van der Waals surface area contributed by atoms with Gasteiger partial charge in [0.25, 0.3) is 0 Å². The Morgan fingerprint density at radius 2 is 2.00 bits per heavy atom. The highest BCUT2D eigenvalue weighted by molar-refractivity contribution is 14.1. The Labute approximate surface area is 73.2 Å². The molecule has 0 amide bonds. The molecule has 3 heteroatoms. The molecule has 0 radical (unpaired) electrons. The highest BCUT2D eigenvalue weighted by Gasteiger charge is 2.11. The predicted molar refractivity (Wildman–Crippen MR) is 57.0 cm³/mol. The Morgan fingerprint density at radius 3 is 2.11 bits per heavy atom. The highest BCUT2D eigenvalue weighted by Crippen LogP contribution is 2.30. The van der Waals surface area contributed by atoms with Crippen LogP contribution in [-0.4, -0.2) is 14.8 Å². The maximum Gasteiger partial charge on any atom is 0.0728 e. The van der Waals surface area contributed by atoms with E-state index in [1.807, 2.05) is 0 Å². The summed E-state index contributed by atoms with van der Waals surface area (Å²) in [5.74, 6) is 3.92. The summed E-state index contributed by atoms with van der Waals surface area (Å²) < 4.78 is 6.19. The zero-order valence-corrected chi connectivity index (χ0v) is 8.99. The van der Waals surface area contributed by atoms with Crippen LogP contribution in [0, 0.1) is 0 Å². The SMILES string of the molecule is C=S(/N=C/I)C(C)(C)C. The fourth-order valence-electron chi connectivity index (χ4n) is 0.206. The molecule has 0 saturated carbocycles. The Kier molecular flexibility index (Phi) is 3.96. The molecule has 9 heavy (non-hydrogen) atoms. The second kappa shape index (κ2) is 3.71. The molecular formula is C6H12INS. The maximum atomic E-state index is 4.17. The van der Waals surface area contributed by atoms with Gasteiger partial charge in [-0.3, -0.25) is 0 Å². The zero-order chi connectivity index (χ0) is 7.49. The molecule has 0 spiro atoms. The van der Waals surface area contributed by atoms with Crippen molar-refractivity contribution in [1.82, 2.24) is 0 Å². The Balaban J connectivity index is 4.06. The van der Waals surface area contributed by atoms with Gasteiger partial charge < -0.3 is 0 Å². The zero-order valence-electron chi connectivity index (χ0n) is 6.02. The average molecular weight is 257 g/mol. The van der Waals surface area contributed by atoms with Crippen LogP contribution in [0.2, 0.25) is 0 Å². The molecule has 1 atom stereocenters. The molecule has 0 aromatic heterocycles. The monoisotopic (exact) mass is 257 g/mol. The van der Waals surface area contributed by atoms with E-state index in [1.165, 1.54) is 0 Å². The normalized spacial score (nSPS) is 16.4. The van der Waals surface area contributed by atoms with Gasteiger partial charge in [0.1, 0.15) is 0 Å². The molecule has 0 aliphatic carbocycles. The van der Waals surface area contributed by atoms with E-state index in [9.17, 15) is 0 Å². The third-order valence-corrected chi connectivity index (χ3v) is 3.30. The fourth-order valence-corrected chi connectivity index (χ4v) is 1.44. The van der Waals surface area contributed by atoms with Crippen molar-refractivity contribution in [3.05, 3.63) is 0 Å². The van der Waals surface area contributed by atoms with Crippen molar-refractivity contribution in [3.63, 3.8) is 0 Å². The Bertz CT molecular complexity index is 134. The lowest BCUT2D eigenvalue weighted by molar-refractivity contribution is 0.803. The molecule has 0 saturated heterocycles. The summed E-state index contributed by atoms with van der Waals surface area (Å²) in [4.78, 5) is 0. The minimum Gasteiger partial charge on any atom is -0.225 e. The van der Waals surface area contributed by atoms with Crippen LogP contribution in [0.5, 0.6) is 0 Å². The van der Waals surface area contributed by atoms with E-state index in [2.05, 4.69) is 53.6 Å². The van der Waals surface area contributed by atoms with Gasteiger partial charge in [0, 0.05) is 4.75 Å². The molecule has 0 aromatic rings. The van der Waals surface area contributed by atoms with Crippen LogP contribution in [0.15, 0.2) is 4.40 Å². The molecule has 0 heterocycles. The average Bonchev–Trinajstić information content (AvgIpc) is 1.64. The van der Waals surface area contributed by atoms with Crippen LogP contribution in [0.3, 0.4) is 0 Å². The standard InChI is InChI=1S/C6H12INS/c1-6(2,3)9(4)8-5-7/h5H,4H2,1-3H3/b8-5+. The van der Waals surface area contributed by atoms with E-state index in [-0.39, 0.29) is 15.4 Å². The molecule has 1 unspecified atom stereocenters. The van der Waals surface area contributed by atoms with E-state index in [0.717, 1.165) is 0 Å². The number of hydrogen-bond donors (Lipinski definition) is 0. The van der Waals surface area contributed by atoms with Crippen molar-refractivity contribution in [2.24, 2.45) is 4.40 Å². The number of nitrogens with zero attached hydrogens (tertiary/aromatic N) is 1. The molecule has 0 fully saturated rings. The van der Waals surface area contributed by atoms with Gasteiger partial charge in [-0.25, -0.2) is 4.40 Å². The summed E-state index contributed by atoms with van der Waals surface area (Å²) in [5.41, 5.74) is 0. The van der Waals surface area contributed by atoms with E-state index in [4.69, 9.17) is 0 Å². The van der Waals surface area contributed by atoms with Gasteiger partial charge in [0.05, 0.1) is 4.22 Å². The number of hydrogen-bond acceptors (Lipinski definition) is 1. The van der Waals surface area contributed by atoms with E-state index in [1.54, 1.807) is 4.22 Å². The minimum atomic E-state index is -0.0754. The lowest BCUT2D eigenvalue weighted by Crippen LogP contribution is -2.07. The van der Waals surface area contributed by atoms with E-state index < -0.39 is 0 Å². The molecule has 0 N–H and O–H groups in total. The summed E-state index contributed by atoms with van der Waals surface area (Å²) in [6, 6.07) is 0. The van der Waals surface area contributed by atoms with Crippen molar-refractivity contribution in [2.45, 2.75) is 25.5 Å². The van der Waals surface area contributed by atoms with Gasteiger partial charge in [-0.2, -0.15) is 0 Å². The third kappa shape index (κ3) is 4.08. The molecule has 1 nitrogen and oxygen atoms in total. The number of halogens is 1. The molecule has 0 aliphatic rings. The van der Waals surface area contributed by atoms with Gasteiger partial charge in [-0.05, 0) is 43.4 Å². The van der Waals surface area contributed by atoms with Crippen LogP contribution in [0.1, 0.15) is 20.8 Å². The fraction of sp³-hybridized carbons (Fsp3) is 0.667. The second-order valence-corrected chi connectivity index (χ2v) is 5.40. The summed E-state index contributed by atoms with van der Waals surface area (Å²) in [7, 11) is -0.0754. The van der Waals surface area contributed by atoms with Gasteiger partial charge in [-0.1, -0.05) is 16.5 Å². The summed E-state index contributed by atoms with van der Waals surface area (Å²) >= 11 is 2.12. The van der Waals surface area contributed by atoms with Crippen molar-refractivity contribution in [2.75, 3.05) is 0 Å². The quantitative estimate of drug-likeness (QED) is 0.389. The molecule has 0 rings (SSSR count). The molecule has 0 aromatic carbocycles.